The van der Waals surface area contributed by atoms with Crippen molar-refractivity contribution in [2.24, 2.45) is 0 Å². The first kappa shape index (κ1) is 17.0. The molecular formula is C6H16LiO6P. The monoisotopic (exact) mass is 222 g/mol. The van der Waals surface area contributed by atoms with Crippen LogP contribution in [0.5, 0.6) is 0 Å². The normalized spacial score (nSPS) is 11.5. The number of ether oxygens (including phenoxy) is 2. The van der Waals surface area contributed by atoms with E-state index in [9.17, 15) is 4.57 Å². The second kappa shape index (κ2) is 8.90. The Morgan fingerprint density at radius 1 is 1.21 bits per heavy atom. The maximum absolute atomic E-state index is 10.3. The van der Waals surface area contributed by atoms with Gasteiger partial charge in [-0.15, -0.1) is 0 Å². The first-order valence-electron chi connectivity index (χ1n) is 3.93. The number of hydrogen-bond acceptors (Lipinski definition) is 4. The summed E-state index contributed by atoms with van der Waals surface area (Å²) in [7, 11) is -4.43. The molecule has 82 valence electrons. The fraction of sp³-hybridized carbons (Fsp3) is 1.00. The molecular weight excluding hydrogens is 206 g/mol. The van der Waals surface area contributed by atoms with Crippen LogP contribution in [0.15, 0.2) is 0 Å². The molecule has 2 N–H and O–H groups in total. The Kier molecular flexibility index (Phi) is 10.8. The van der Waals surface area contributed by atoms with Crippen molar-refractivity contribution in [2.75, 3.05) is 19.8 Å². The Balaban J connectivity index is 0. The summed E-state index contributed by atoms with van der Waals surface area (Å²) < 4.78 is 24.5. The van der Waals surface area contributed by atoms with Gasteiger partial charge in [0.05, 0.1) is 0 Å². The zero-order valence-corrected chi connectivity index (χ0v) is 8.57. The van der Waals surface area contributed by atoms with Crippen LogP contribution in [-0.2, 0) is 18.6 Å². The van der Waals surface area contributed by atoms with Crippen molar-refractivity contribution in [3.8, 4) is 0 Å². The minimum absolute atomic E-state index is 0. The second-order valence-corrected chi connectivity index (χ2v) is 3.37. The summed E-state index contributed by atoms with van der Waals surface area (Å²) >= 11 is 0. The Morgan fingerprint density at radius 3 is 1.93 bits per heavy atom. The van der Waals surface area contributed by atoms with Gasteiger partial charge in [-0.2, -0.15) is 0 Å². The quantitative estimate of drug-likeness (QED) is 0.354. The molecule has 0 amide bonds. The van der Waals surface area contributed by atoms with Gasteiger partial charge < -0.3 is 19.3 Å². The summed E-state index contributed by atoms with van der Waals surface area (Å²) in [5, 5.41) is 0. The molecule has 0 heterocycles. The number of hydrogen-bond donors (Lipinski definition) is 2. The average Bonchev–Trinajstić information content (AvgIpc) is 2.00. The van der Waals surface area contributed by atoms with Crippen molar-refractivity contribution in [2.45, 2.75) is 20.1 Å². The van der Waals surface area contributed by atoms with E-state index in [0.717, 1.165) is 0 Å². The fourth-order valence-corrected chi connectivity index (χ4v) is 0.990. The molecule has 0 spiro atoms. The van der Waals surface area contributed by atoms with E-state index in [0.29, 0.717) is 13.2 Å². The molecule has 0 bridgehead atoms. The third-order valence-corrected chi connectivity index (χ3v) is 1.57. The van der Waals surface area contributed by atoms with Crippen LogP contribution in [0.25, 0.3) is 0 Å². The fourth-order valence-electron chi connectivity index (χ4n) is 0.674. The summed E-state index contributed by atoms with van der Waals surface area (Å²) in [6.07, 6.45) is -0.720. The third-order valence-electron chi connectivity index (χ3n) is 1.08. The Morgan fingerprint density at radius 2 is 1.64 bits per heavy atom. The van der Waals surface area contributed by atoms with Crippen molar-refractivity contribution >= 4 is 26.7 Å². The van der Waals surface area contributed by atoms with E-state index in [2.05, 4.69) is 4.52 Å². The van der Waals surface area contributed by atoms with Gasteiger partial charge >= 0.3 is 26.7 Å². The predicted octanol–water partition coefficient (Wildman–Crippen LogP) is -0.154. The molecule has 8 heteroatoms. The first-order valence-corrected chi connectivity index (χ1v) is 5.46. The summed E-state index contributed by atoms with van der Waals surface area (Å²) in [5.41, 5.74) is 0. The molecule has 0 atom stereocenters. The van der Waals surface area contributed by atoms with Crippen molar-refractivity contribution < 1.29 is 28.3 Å². The summed E-state index contributed by atoms with van der Waals surface area (Å²) in [5.74, 6) is 0. The molecule has 0 aliphatic heterocycles. The average molecular weight is 222 g/mol. The Hall–Kier alpha value is 0.627. The van der Waals surface area contributed by atoms with Gasteiger partial charge in [-0.25, -0.2) is 4.57 Å². The van der Waals surface area contributed by atoms with Gasteiger partial charge in [-0.3, -0.25) is 4.52 Å². The van der Waals surface area contributed by atoms with E-state index < -0.39 is 14.1 Å². The molecule has 14 heavy (non-hydrogen) atoms. The molecule has 0 saturated carbocycles. The van der Waals surface area contributed by atoms with Gasteiger partial charge in [0.25, 0.3) is 0 Å². The van der Waals surface area contributed by atoms with E-state index >= 15 is 0 Å². The van der Waals surface area contributed by atoms with Gasteiger partial charge in [-0.1, -0.05) is 0 Å². The zero-order valence-electron chi connectivity index (χ0n) is 7.67. The predicted molar refractivity (Wildman–Crippen MR) is 52.2 cm³/mol. The number of phosphoric acid groups is 1. The topological polar surface area (TPSA) is 85.2 Å². The van der Waals surface area contributed by atoms with Crippen molar-refractivity contribution in [3.63, 3.8) is 0 Å². The molecule has 0 unspecified atom stereocenters. The van der Waals surface area contributed by atoms with Gasteiger partial charge in [0.2, 0.25) is 0 Å². The van der Waals surface area contributed by atoms with Crippen LogP contribution < -0.4 is 0 Å². The number of phosphoric ester groups is 1. The van der Waals surface area contributed by atoms with Crippen LogP contribution in [0.4, 0.5) is 0 Å². The van der Waals surface area contributed by atoms with Crippen LogP contribution in [0.2, 0.25) is 0 Å². The SMILES string of the molecule is CCOC(COP(=O)(O)O)OCC.[LiH]. The van der Waals surface area contributed by atoms with Crippen LogP contribution >= 0.6 is 7.82 Å². The standard InChI is InChI=1S/C6H15O6P.Li.H/c1-3-10-6(11-4-2)5-12-13(7,8)9;;/h6H,3-5H2,1-2H3,(H2,7,8,9);;. The van der Waals surface area contributed by atoms with E-state index in [-0.39, 0.29) is 25.5 Å². The summed E-state index contributed by atoms with van der Waals surface area (Å²) in [6, 6.07) is 0. The summed E-state index contributed by atoms with van der Waals surface area (Å²) in [4.78, 5) is 16.8. The van der Waals surface area contributed by atoms with Crippen LogP contribution in [0, 0.1) is 0 Å². The minimum atomic E-state index is -4.43. The van der Waals surface area contributed by atoms with Crippen molar-refractivity contribution in [1.29, 1.82) is 0 Å². The molecule has 0 aromatic rings. The second-order valence-electron chi connectivity index (χ2n) is 2.13. The summed E-state index contributed by atoms with van der Waals surface area (Å²) in [6.45, 7) is 4.03. The van der Waals surface area contributed by atoms with E-state index in [1.165, 1.54) is 0 Å². The van der Waals surface area contributed by atoms with Gasteiger partial charge in [0, 0.05) is 13.2 Å². The van der Waals surface area contributed by atoms with Crippen molar-refractivity contribution in [3.05, 3.63) is 0 Å². The van der Waals surface area contributed by atoms with Gasteiger partial charge in [0.1, 0.15) is 6.61 Å². The van der Waals surface area contributed by atoms with Crippen LogP contribution in [-0.4, -0.2) is 54.8 Å². The molecule has 6 nitrogen and oxygen atoms in total. The van der Waals surface area contributed by atoms with E-state index in [4.69, 9.17) is 19.3 Å². The van der Waals surface area contributed by atoms with E-state index in [1.54, 1.807) is 13.8 Å². The molecule has 0 fully saturated rings. The zero-order chi connectivity index (χ0) is 10.3. The molecule has 0 aromatic carbocycles. The van der Waals surface area contributed by atoms with Crippen LogP contribution in [0.1, 0.15) is 13.8 Å². The molecule has 0 aromatic heterocycles. The molecule has 0 radical (unpaired) electrons. The van der Waals surface area contributed by atoms with Gasteiger partial charge in [-0.05, 0) is 13.8 Å². The maximum atomic E-state index is 10.3. The molecule has 0 saturated heterocycles. The molecule has 0 aliphatic carbocycles. The molecule has 0 aliphatic rings. The Bertz CT molecular complexity index is 166. The molecule has 0 rings (SSSR count). The van der Waals surface area contributed by atoms with E-state index in [1.807, 2.05) is 0 Å². The van der Waals surface area contributed by atoms with Crippen molar-refractivity contribution in [1.82, 2.24) is 0 Å². The third kappa shape index (κ3) is 10.7. The first-order chi connectivity index (χ1) is 5.99. The van der Waals surface area contributed by atoms with Gasteiger partial charge in [0.15, 0.2) is 6.29 Å². The Labute approximate surface area is 95.3 Å². The van der Waals surface area contributed by atoms with Crippen LogP contribution in [0.3, 0.4) is 0 Å². The number of rotatable bonds is 7.